The molecule has 21 heavy (non-hydrogen) atoms. The van der Waals surface area contributed by atoms with Crippen molar-refractivity contribution >= 4 is 21.4 Å². The van der Waals surface area contributed by atoms with Gasteiger partial charge >= 0.3 is 0 Å². The Bertz CT molecular complexity index is 631. The van der Waals surface area contributed by atoms with E-state index in [0.29, 0.717) is 13.0 Å². The molecule has 0 bridgehead atoms. The molecule has 1 aliphatic rings. The maximum absolute atomic E-state index is 13.2. The van der Waals surface area contributed by atoms with E-state index in [2.05, 4.69) is 19.2 Å². The normalized spacial score (nSPS) is 25.2. The second-order valence-electron chi connectivity index (χ2n) is 6.22. The SMILES string of the molecule is CCNC1C(S(=O)(=O)c2ccc(F)c(Cl)c2)CCC1(C)C. The summed E-state index contributed by atoms with van der Waals surface area (Å²) in [6, 6.07) is 3.50. The Morgan fingerprint density at radius 1 is 1.43 bits per heavy atom. The first kappa shape index (κ1) is 16.7. The third kappa shape index (κ3) is 3.10. The first-order valence-corrected chi connectivity index (χ1v) is 9.05. The summed E-state index contributed by atoms with van der Waals surface area (Å²) < 4.78 is 38.9. The van der Waals surface area contributed by atoms with Crippen LogP contribution in [0, 0.1) is 11.2 Å². The number of hydrogen-bond acceptors (Lipinski definition) is 3. The fourth-order valence-electron chi connectivity index (χ4n) is 3.13. The molecule has 1 aromatic rings. The van der Waals surface area contributed by atoms with Crippen molar-refractivity contribution in [3.8, 4) is 0 Å². The summed E-state index contributed by atoms with van der Waals surface area (Å²) >= 11 is 5.73. The van der Waals surface area contributed by atoms with Crippen LogP contribution in [-0.4, -0.2) is 26.3 Å². The minimum absolute atomic E-state index is 0.0857. The van der Waals surface area contributed by atoms with Crippen molar-refractivity contribution in [2.45, 2.75) is 49.8 Å². The van der Waals surface area contributed by atoms with Crippen molar-refractivity contribution in [1.82, 2.24) is 5.32 Å². The molecule has 1 fully saturated rings. The van der Waals surface area contributed by atoms with Crippen LogP contribution in [0.5, 0.6) is 0 Å². The maximum Gasteiger partial charge on any atom is 0.182 e. The predicted molar refractivity (Wildman–Crippen MR) is 82.9 cm³/mol. The largest absolute Gasteiger partial charge is 0.312 e. The van der Waals surface area contributed by atoms with Gasteiger partial charge in [0.05, 0.1) is 15.2 Å². The highest BCUT2D eigenvalue weighted by Crippen LogP contribution is 2.42. The number of halogens is 2. The van der Waals surface area contributed by atoms with Crippen LogP contribution in [-0.2, 0) is 9.84 Å². The molecule has 0 aromatic heterocycles. The fraction of sp³-hybridized carbons (Fsp3) is 0.600. The first-order chi connectivity index (χ1) is 9.70. The average Bonchev–Trinajstić information content (AvgIpc) is 2.69. The van der Waals surface area contributed by atoms with E-state index in [1.54, 1.807) is 0 Å². The van der Waals surface area contributed by atoms with Gasteiger partial charge in [0.25, 0.3) is 0 Å². The quantitative estimate of drug-likeness (QED) is 0.859. The van der Waals surface area contributed by atoms with Gasteiger partial charge < -0.3 is 5.32 Å². The van der Waals surface area contributed by atoms with Crippen LogP contribution in [0.1, 0.15) is 33.6 Å². The van der Waals surface area contributed by atoms with Gasteiger partial charge in [0.1, 0.15) is 5.82 Å². The van der Waals surface area contributed by atoms with E-state index in [0.717, 1.165) is 12.5 Å². The number of rotatable bonds is 4. The highest BCUT2D eigenvalue weighted by Gasteiger charge is 2.47. The molecule has 3 nitrogen and oxygen atoms in total. The summed E-state index contributed by atoms with van der Waals surface area (Å²) in [5, 5.41) is 2.64. The van der Waals surface area contributed by atoms with Crippen LogP contribution in [0.15, 0.2) is 23.1 Å². The molecule has 1 saturated carbocycles. The number of hydrogen-bond donors (Lipinski definition) is 1. The summed E-state index contributed by atoms with van der Waals surface area (Å²) in [5.41, 5.74) is -0.0857. The zero-order valence-electron chi connectivity index (χ0n) is 12.5. The number of sulfone groups is 1. The second-order valence-corrected chi connectivity index (χ2v) is 8.80. The Labute approximate surface area is 130 Å². The Hall–Kier alpha value is -0.650. The standard InChI is InChI=1S/C15H21ClFNO2S/c1-4-18-14-13(7-8-15(14,2)3)21(19,20)10-5-6-12(17)11(16)9-10/h5-6,9,13-14,18H,4,7-8H2,1-3H3. The lowest BCUT2D eigenvalue weighted by Gasteiger charge is -2.31. The van der Waals surface area contributed by atoms with Crippen LogP contribution in [0.3, 0.4) is 0 Å². The molecular weight excluding hydrogens is 313 g/mol. The highest BCUT2D eigenvalue weighted by atomic mass is 35.5. The predicted octanol–water partition coefficient (Wildman–Crippen LogP) is 3.42. The minimum Gasteiger partial charge on any atom is -0.312 e. The molecule has 1 aromatic carbocycles. The summed E-state index contributed by atoms with van der Waals surface area (Å²) in [5.74, 6) is -0.606. The van der Waals surface area contributed by atoms with Crippen molar-refractivity contribution in [2.75, 3.05) is 6.54 Å². The summed E-state index contributed by atoms with van der Waals surface area (Å²) in [6.07, 6.45) is 1.44. The topological polar surface area (TPSA) is 46.2 Å². The highest BCUT2D eigenvalue weighted by molar-refractivity contribution is 7.92. The van der Waals surface area contributed by atoms with Gasteiger partial charge in [-0.1, -0.05) is 32.4 Å². The zero-order chi connectivity index (χ0) is 15.8. The molecule has 0 aliphatic heterocycles. The van der Waals surface area contributed by atoms with Gasteiger partial charge in [-0.05, 0) is 43.0 Å². The van der Waals surface area contributed by atoms with E-state index < -0.39 is 20.9 Å². The van der Waals surface area contributed by atoms with Gasteiger partial charge in [0, 0.05) is 6.04 Å². The number of benzene rings is 1. The Kier molecular flexibility index (Phi) is 4.66. The van der Waals surface area contributed by atoms with Crippen LogP contribution in [0.25, 0.3) is 0 Å². The van der Waals surface area contributed by atoms with E-state index in [9.17, 15) is 12.8 Å². The molecule has 0 saturated heterocycles. The van der Waals surface area contributed by atoms with E-state index >= 15 is 0 Å². The lowest BCUT2D eigenvalue weighted by molar-refractivity contribution is 0.288. The van der Waals surface area contributed by atoms with Crippen LogP contribution >= 0.6 is 11.6 Å². The lowest BCUT2D eigenvalue weighted by atomic mass is 9.87. The van der Waals surface area contributed by atoms with E-state index in [-0.39, 0.29) is 21.4 Å². The van der Waals surface area contributed by atoms with Gasteiger partial charge in [-0.3, -0.25) is 0 Å². The van der Waals surface area contributed by atoms with Crippen molar-refractivity contribution < 1.29 is 12.8 Å². The minimum atomic E-state index is -3.53. The van der Waals surface area contributed by atoms with Gasteiger partial charge in [-0.15, -0.1) is 0 Å². The van der Waals surface area contributed by atoms with Crippen molar-refractivity contribution in [3.63, 3.8) is 0 Å². The first-order valence-electron chi connectivity index (χ1n) is 7.12. The Balaban J connectivity index is 2.41. The lowest BCUT2D eigenvalue weighted by Crippen LogP contribution is -2.47. The monoisotopic (exact) mass is 333 g/mol. The van der Waals surface area contributed by atoms with Crippen molar-refractivity contribution in [1.29, 1.82) is 0 Å². The molecule has 2 unspecified atom stereocenters. The number of nitrogens with one attached hydrogen (secondary N) is 1. The summed E-state index contributed by atoms with van der Waals surface area (Å²) in [6.45, 7) is 6.83. The Morgan fingerprint density at radius 2 is 2.10 bits per heavy atom. The molecule has 6 heteroatoms. The van der Waals surface area contributed by atoms with Crippen LogP contribution in [0.2, 0.25) is 5.02 Å². The molecule has 0 radical (unpaired) electrons. The summed E-state index contributed by atoms with van der Waals surface area (Å²) in [7, 11) is -3.53. The third-order valence-corrected chi connectivity index (χ3v) is 6.83. The van der Waals surface area contributed by atoms with E-state index in [1.807, 2.05) is 6.92 Å². The molecule has 1 aliphatic carbocycles. The van der Waals surface area contributed by atoms with E-state index in [1.165, 1.54) is 12.1 Å². The average molecular weight is 334 g/mol. The zero-order valence-corrected chi connectivity index (χ0v) is 14.1. The van der Waals surface area contributed by atoms with Crippen LogP contribution in [0.4, 0.5) is 4.39 Å². The van der Waals surface area contributed by atoms with Gasteiger partial charge in [0.2, 0.25) is 0 Å². The van der Waals surface area contributed by atoms with Gasteiger partial charge in [-0.25, -0.2) is 12.8 Å². The van der Waals surface area contributed by atoms with E-state index in [4.69, 9.17) is 11.6 Å². The van der Waals surface area contributed by atoms with Crippen molar-refractivity contribution in [3.05, 3.63) is 29.0 Å². The molecular formula is C15H21ClFNO2S. The molecule has 118 valence electrons. The third-order valence-electron chi connectivity index (χ3n) is 4.33. The molecule has 1 N–H and O–H groups in total. The molecule has 0 amide bonds. The van der Waals surface area contributed by atoms with Crippen molar-refractivity contribution in [2.24, 2.45) is 5.41 Å². The molecule has 0 heterocycles. The summed E-state index contributed by atoms with van der Waals surface area (Å²) in [4.78, 5) is 0.0968. The van der Waals surface area contributed by atoms with Crippen LogP contribution < -0.4 is 5.32 Å². The Morgan fingerprint density at radius 3 is 2.67 bits per heavy atom. The van der Waals surface area contributed by atoms with Gasteiger partial charge in [0.15, 0.2) is 9.84 Å². The molecule has 2 rings (SSSR count). The molecule has 2 atom stereocenters. The second kappa shape index (κ2) is 5.86. The molecule has 0 spiro atoms. The smallest absolute Gasteiger partial charge is 0.182 e. The maximum atomic E-state index is 13.2. The fourth-order valence-corrected chi connectivity index (χ4v) is 5.52. The van der Waals surface area contributed by atoms with Gasteiger partial charge in [-0.2, -0.15) is 0 Å².